The molecule has 0 spiro atoms. The van der Waals surface area contributed by atoms with Gasteiger partial charge < -0.3 is 5.11 Å². The molecule has 0 fully saturated rings. The number of pyridine rings is 1. The van der Waals surface area contributed by atoms with Gasteiger partial charge in [-0.1, -0.05) is 42.5 Å². The monoisotopic (exact) mass is 368 g/mol. The van der Waals surface area contributed by atoms with Crippen LogP contribution in [0.3, 0.4) is 0 Å². The number of nitrogens with zero attached hydrogens (tertiary/aromatic N) is 2. The van der Waals surface area contributed by atoms with Crippen LogP contribution in [0.4, 0.5) is 5.69 Å². The highest BCUT2D eigenvalue weighted by molar-refractivity contribution is 7.80. The van der Waals surface area contributed by atoms with Crippen LogP contribution >= 0.6 is 0 Å². The van der Waals surface area contributed by atoms with Gasteiger partial charge in [0, 0.05) is 24.4 Å². The molecule has 1 heterocycles. The Morgan fingerprint density at radius 3 is 2.31 bits per heavy atom. The van der Waals surface area contributed by atoms with E-state index in [9.17, 15) is 18.7 Å². The summed E-state index contributed by atoms with van der Waals surface area (Å²) in [6, 6.07) is 16.2. The third-order valence-corrected chi connectivity index (χ3v) is 5.72. The number of hydrogen-bond donors (Lipinski definition) is 2. The molecule has 0 saturated heterocycles. The standard InChI is InChI=1S/C19H16N2O4S/c22-18(23)19(11-14-5-1-2-6-15(14)12-19)21(26(24)25)16-9-3-7-13-8-4-10-20-17(13)16/h1-10H,11-12H2,(H,22,23)(H,24,25). The minimum atomic E-state index is -2.54. The third-order valence-electron chi connectivity index (χ3n) is 4.86. The van der Waals surface area contributed by atoms with E-state index in [-0.39, 0.29) is 12.8 Å². The number of benzene rings is 2. The van der Waals surface area contributed by atoms with Crippen LogP contribution in [0.15, 0.2) is 60.8 Å². The van der Waals surface area contributed by atoms with Crippen LogP contribution in [0.5, 0.6) is 0 Å². The lowest BCUT2D eigenvalue weighted by atomic mass is 9.94. The van der Waals surface area contributed by atoms with E-state index in [2.05, 4.69) is 4.98 Å². The van der Waals surface area contributed by atoms with Gasteiger partial charge in [0.05, 0.1) is 11.2 Å². The SMILES string of the molecule is O=C(O)C1(N(c2cccc3cccnc23)S(=O)O)Cc2ccccc2C1. The molecule has 26 heavy (non-hydrogen) atoms. The summed E-state index contributed by atoms with van der Waals surface area (Å²) in [5, 5.41) is 10.9. The Bertz CT molecular complexity index is 1010. The predicted octanol–water partition coefficient (Wildman–Crippen LogP) is 2.80. The summed E-state index contributed by atoms with van der Waals surface area (Å²) < 4.78 is 23.5. The highest BCUT2D eigenvalue weighted by Crippen LogP contribution is 2.40. The summed E-state index contributed by atoms with van der Waals surface area (Å²) in [4.78, 5) is 16.7. The molecule has 132 valence electrons. The quantitative estimate of drug-likeness (QED) is 0.691. The van der Waals surface area contributed by atoms with Crippen LogP contribution in [0.1, 0.15) is 11.1 Å². The summed E-state index contributed by atoms with van der Waals surface area (Å²) in [7, 11) is 0. The van der Waals surface area contributed by atoms with E-state index in [0.29, 0.717) is 11.2 Å². The number of hydrogen-bond acceptors (Lipinski definition) is 3. The van der Waals surface area contributed by atoms with Gasteiger partial charge in [0.25, 0.3) is 11.3 Å². The second-order valence-corrected chi connectivity index (χ2v) is 7.16. The number of aromatic nitrogens is 1. The van der Waals surface area contributed by atoms with Crippen molar-refractivity contribution in [1.29, 1.82) is 0 Å². The Balaban J connectivity index is 1.93. The molecule has 1 unspecified atom stereocenters. The van der Waals surface area contributed by atoms with E-state index >= 15 is 0 Å². The predicted molar refractivity (Wildman–Crippen MR) is 99.2 cm³/mol. The second-order valence-electron chi connectivity index (χ2n) is 6.34. The first-order valence-corrected chi connectivity index (χ1v) is 9.14. The fraction of sp³-hybridized carbons (Fsp3) is 0.158. The first kappa shape index (κ1) is 16.7. The zero-order valence-electron chi connectivity index (χ0n) is 13.7. The van der Waals surface area contributed by atoms with Crippen molar-refractivity contribution in [2.45, 2.75) is 18.4 Å². The van der Waals surface area contributed by atoms with Crippen molar-refractivity contribution >= 4 is 33.8 Å². The van der Waals surface area contributed by atoms with E-state index in [1.54, 1.807) is 24.4 Å². The molecule has 7 heteroatoms. The van der Waals surface area contributed by atoms with Gasteiger partial charge in [-0.15, -0.1) is 0 Å². The summed E-state index contributed by atoms with van der Waals surface area (Å²) >= 11 is -2.54. The van der Waals surface area contributed by atoms with Crippen molar-refractivity contribution in [3.8, 4) is 0 Å². The average molecular weight is 368 g/mol. The van der Waals surface area contributed by atoms with Gasteiger partial charge in [0.15, 0.2) is 5.54 Å². The highest BCUT2D eigenvalue weighted by Gasteiger charge is 2.52. The molecule has 4 rings (SSSR count). The molecule has 2 aromatic carbocycles. The van der Waals surface area contributed by atoms with Crippen molar-refractivity contribution in [3.05, 3.63) is 71.9 Å². The number of aliphatic carboxylic acids is 1. The van der Waals surface area contributed by atoms with E-state index < -0.39 is 22.8 Å². The number of carbonyl (C=O) groups is 1. The van der Waals surface area contributed by atoms with Gasteiger partial charge in [0.2, 0.25) is 0 Å². The molecule has 0 saturated carbocycles. The summed E-state index contributed by atoms with van der Waals surface area (Å²) in [5.41, 5.74) is 1.03. The topological polar surface area (TPSA) is 90.7 Å². The van der Waals surface area contributed by atoms with E-state index in [4.69, 9.17) is 0 Å². The minimum Gasteiger partial charge on any atom is -0.479 e. The van der Waals surface area contributed by atoms with E-state index in [0.717, 1.165) is 20.8 Å². The van der Waals surface area contributed by atoms with Crippen LogP contribution in [0.2, 0.25) is 0 Å². The largest absolute Gasteiger partial charge is 0.479 e. The average Bonchev–Trinajstić information content (AvgIpc) is 3.02. The van der Waals surface area contributed by atoms with Crippen LogP contribution in [0, 0.1) is 0 Å². The second kappa shape index (κ2) is 6.19. The summed E-state index contributed by atoms with van der Waals surface area (Å²) in [5.74, 6) is -1.14. The number of rotatable bonds is 4. The lowest BCUT2D eigenvalue weighted by molar-refractivity contribution is -0.142. The smallest absolute Gasteiger partial charge is 0.331 e. The molecule has 2 N–H and O–H groups in total. The Labute approximate surface area is 152 Å². The number of carboxylic acids is 1. The van der Waals surface area contributed by atoms with Crippen molar-refractivity contribution in [3.63, 3.8) is 0 Å². The summed E-state index contributed by atoms with van der Waals surface area (Å²) in [6.45, 7) is 0. The lowest BCUT2D eigenvalue weighted by Gasteiger charge is -2.36. The fourth-order valence-electron chi connectivity index (χ4n) is 3.69. The Morgan fingerprint density at radius 1 is 1.04 bits per heavy atom. The van der Waals surface area contributed by atoms with Gasteiger partial charge in [0.1, 0.15) is 0 Å². The molecule has 1 atom stereocenters. The van der Waals surface area contributed by atoms with Gasteiger partial charge in [-0.05, 0) is 23.3 Å². The zero-order chi connectivity index (χ0) is 18.3. The molecule has 1 aromatic heterocycles. The fourth-order valence-corrected chi connectivity index (χ4v) is 4.51. The first-order valence-electron chi connectivity index (χ1n) is 8.08. The van der Waals surface area contributed by atoms with Gasteiger partial charge in [-0.25, -0.2) is 13.3 Å². The van der Waals surface area contributed by atoms with E-state index in [1.807, 2.05) is 36.4 Å². The number of carboxylic acid groups (broad SMARTS) is 1. The molecule has 0 bridgehead atoms. The maximum absolute atomic E-state index is 12.3. The first-order chi connectivity index (χ1) is 12.5. The Kier molecular flexibility index (Phi) is 3.97. The minimum absolute atomic E-state index is 0.147. The van der Waals surface area contributed by atoms with Crippen molar-refractivity contribution in [2.24, 2.45) is 0 Å². The van der Waals surface area contributed by atoms with Gasteiger partial charge >= 0.3 is 5.97 Å². The van der Waals surface area contributed by atoms with Crippen molar-refractivity contribution in [1.82, 2.24) is 4.98 Å². The molecule has 6 nitrogen and oxygen atoms in total. The number of fused-ring (bicyclic) bond motifs is 2. The highest BCUT2D eigenvalue weighted by atomic mass is 32.2. The van der Waals surface area contributed by atoms with Crippen LogP contribution in [0.25, 0.3) is 10.9 Å². The molecular formula is C19H16N2O4S. The van der Waals surface area contributed by atoms with Gasteiger partial charge in [-0.2, -0.15) is 0 Å². The van der Waals surface area contributed by atoms with Crippen molar-refractivity contribution < 1.29 is 18.7 Å². The molecular weight excluding hydrogens is 352 g/mol. The summed E-state index contributed by atoms with van der Waals surface area (Å²) in [6.07, 6.45) is 1.88. The van der Waals surface area contributed by atoms with Crippen molar-refractivity contribution in [2.75, 3.05) is 4.31 Å². The molecule has 0 radical (unpaired) electrons. The normalized spacial score (nSPS) is 16.2. The Hall–Kier alpha value is -2.77. The van der Waals surface area contributed by atoms with E-state index in [1.165, 1.54) is 0 Å². The van der Waals surface area contributed by atoms with Crippen LogP contribution in [-0.2, 0) is 28.9 Å². The molecule has 0 aliphatic heterocycles. The molecule has 3 aromatic rings. The maximum atomic E-state index is 12.3. The number of anilines is 1. The lowest BCUT2D eigenvalue weighted by Crippen LogP contribution is -2.56. The molecule has 0 amide bonds. The zero-order valence-corrected chi connectivity index (χ0v) is 14.5. The van der Waals surface area contributed by atoms with Crippen LogP contribution in [-0.4, -0.2) is 30.4 Å². The molecule has 1 aliphatic carbocycles. The Morgan fingerprint density at radius 2 is 1.69 bits per heavy atom. The maximum Gasteiger partial charge on any atom is 0.331 e. The molecule has 1 aliphatic rings. The van der Waals surface area contributed by atoms with Gasteiger partial charge in [-0.3, -0.25) is 9.54 Å². The number of para-hydroxylation sites is 1. The third kappa shape index (κ3) is 2.48. The van der Waals surface area contributed by atoms with Crippen LogP contribution < -0.4 is 4.31 Å².